The van der Waals surface area contributed by atoms with Gasteiger partial charge in [-0.2, -0.15) is 4.31 Å². The minimum atomic E-state index is -3.73. The molecule has 1 aliphatic heterocycles. The molecule has 0 saturated carbocycles. The molecule has 30 heavy (non-hydrogen) atoms. The largest absolute Gasteiger partial charge is 0.354 e. The molecule has 2 heterocycles. The summed E-state index contributed by atoms with van der Waals surface area (Å²) in [4.78, 5) is 35.0. The average molecular weight is 432 g/mol. The summed E-state index contributed by atoms with van der Waals surface area (Å²) in [5.74, 6) is -0.554. The van der Waals surface area contributed by atoms with Gasteiger partial charge < -0.3 is 10.2 Å². The maximum atomic E-state index is 13.0. The molecule has 0 aliphatic carbocycles. The third-order valence-corrected chi connectivity index (χ3v) is 6.71. The molecule has 0 spiro atoms. The lowest BCUT2D eigenvalue weighted by Gasteiger charge is -2.24. The second-order valence-electron chi connectivity index (χ2n) is 7.01. The van der Waals surface area contributed by atoms with Gasteiger partial charge in [0.25, 0.3) is 5.91 Å². The molecule has 1 saturated heterocycles. The topological polar surface area (TPSA) is 113 Å². The van der Waals surface area contributed by atoms with E-state index in [4.69, 9.17) is 0 Å². The molecule has 1 aliphatic rings. The first-order valence-electron chi connectivity index (χ1n) is 9.78. The molecule has 1 N–H and O–H groups in total. The first kappa shape index (κ1) is 21.8. The number of sulfonamides is 1. The van der Waals surface area contributed by atoms with Gasteiger partial charge in [0.05, 0.1) is 16.8 Å². The molecule has 1 aromatic carbocycles. The summed E-state index contributed by atoms with van der Waals surface area (Å²) >= 11 is 0. The van der Waals surface area contributed by atoms with E-state index in [1.54, 1.807) is 30.0 Å². The highest BCUT2D eigenvalue weighted by Crippen LogP contribution is 2.16. The van der Waals surface area contributed by atoms with Gasteiger partial charge >= 0.3 is 0 Å². The van der Waals surface area contributed by atoms with E-state index in [0.717, 1.165) is 0 Å². The van der Waals surface area contributed by atoms with Crippen LogP contribution in [0.2, 0.25) is 0 Å². The highest BCUT2D eigenvalue weighted by molar-refractivity contribution is 7.89. The Balaban J connectivity index is 1.77. The SMILES string of the molecule is Cc1cnc(C(=O)N2CCCN(S(=O)(=O)c3ccccc3)CCC(=O)NCC2)cn1. The van der Waals surface area contributed by atoms with Gasteiger partial charge in [-0.15, -0.1) is 0 Å². The quantitative estimate of drug-likeness (QED) is 0.770. The van der Waals surface area contributed by atoms with Gasteiger partial charge in [0.2, 0.25) is 15.9 Å². The Morgan fingerprint density at radius 1 is 1.03 bits per heavy atom. The normalized spacial score (nSPS) is 17.1. The highest BCUT2D eigenvalue weighted by Gasteiger charge is 2.26. The van der Waals surface area contributed by atoms with Crippen molar-refractivity contribution < 1.29 is 18.0 Å². The maximum Gasteiger partial charge on any atom is 0.274 e. The van der Waals surface area contributed by atoms with Crippen LogP contribution in [0.1, 0.15) is 29.0 Å². The number of nitrogens with zero attached hydrogens (tertiary/aromatic N) is 4. The van der Waals surface area contributed by atoms with Crippen LogP contribution < -0.4 is 5.32 Å². The standard InChI is InChI=1S/C20H25N5O4S/c1-16-14-23-18(15-22-16)20(27)24-10-5-11-25(12-8-19(26)21-9-13-24)30(28,29)17-6-3-2-4-7-17/h2-4,6-7,14-15H,5,8-13H2,1H3,(H,21,26). The number of carbonyl (C=O) groups is 2. The lowest BCUT2D eigenvalue weighted by Crippen LogP contribution is -2.39. The van der Waals surface area contributed by atoms with Gasteiger partial charge in [-0.3, -0.25) is 14.6 Å². The summed E-state index contributed by atoms with van der Waals surface area (Å²) in [5, 5.41) is 2.75. The Morgan fingerprint density at radius 3 is 2.50 bits per heavy atom. The predicted octanol–water partition coefficient (Wildman–Crippen LogP) is 0.828. The van der Waals surface area contributed by atoms with Crippen molar-refractivity contribution in [2.45, 2.75) is 24.7 Å². The highest BCUT2D eigenvalue weighted by atomic mass is 32.2. The number of aromatic nitrogens is 2. The zero-order chi connectivity index (χ0) is 21.6. The van der Waals surface area contributed by atoms with Crippen molar-refractivity contribution in [1.82, 2.24) is 24.5 Å². The summed E-state index contributed by atoms with van der Waals surface area (Å²) in [6.07, 6.45) is 3.44. The van der Waals surface area contributed by atoms with Crippen molar-refractivity contribution in [1.29, 1.82) is 0 Å². The molecule has 160 valence electrons. The van der Waals surface area contributed by atoms with Crippen LogP contribution in [-0.2, 0) is 14.8 Å². The van der Waals surface area contributed by atoms with E-state index in [-0.39, 0.29) is 48.5 Å². The van der Waals surface area contributed by atoms with Crippen LogP contribution >= 0.6 is 0 Å². The minimum Gasteiger partial charge on any atom is -0.354 e. The fraction of sp³-hybridized carbons (Fsp3) is 0.400. The van der Waals surface area contributed by atoms with Crippen molar-refractivity contribution in [3.63, 3.8) is 0 Å². The molecule has 9 nitrogen and oxygen atoms in total. The Labute approximate surface area is 176 Å². The van der Waals surface area contributed by atoms with E-state index in [0.29, 0.717) is 25.2 Å². The summed E-state index contributed by atoms with van der Waals surface area (Å²) in [6, 6.07) is 8.14. The van der Waals surface area contributed by atoms with E-state index in [9.17, 15) is 18.0 Å². The molecule has 3 rings (SSSR count). The molecule has 10 heteroatoms. The van der Waals surface area contributed by atoms with E-state index in [2.05, 4.69) is 15.3 Å². The first-order chi connectivity index (χ1) is 14.4. The number of benzene rings is 1. The third-order valence-electron chi connectivity index (χ3n) is 4.80. The number of nitrogens with one attached hydrogen (secondary N) is 1. The number of hydrogen-bond donors (Lipinski definition) is 1. The number of amides is 2. The molecule has 2 amide bonds. The van der Waals surface area contributed by atoms with Crippen LogP contribution in [-0.4, -0.2) is 72.1 Å². The molecule has 1 aromatic heterocycles. The van der Waals surface area contributed by atoms with Crippen molar-refractivity contribution >= 4 is 21.8 Å². The second-order valence-corrected chi connectivity index (χ2v) is 8.94. The van der Waals surface area contributed by atoms with Crippen molar-refractivity contribution in [3.8, 4) is 0 Å². The predicted molar refractivity (Wildman–Crippen MR) is 110 cm³/mol. The molecule has 0 unspecified atom stereocenters. The van der Waals surface area contributed by atoms with Gasteiger partial charge in [-0.25, -0.2) is 13.4 Å². The van der Waals surface area contributed by atoms with E-state index in [1.807, 2.05) is 0 Å². The van der Waals surface area contributed by atoms with Gasteiger partial charge in [0.1, 0.15) is 5.69 Å². The van der Waals surface area contributed by atoms with Crippen LogP contribution in [0.5, 0.6) is 0 Å². The van der Waals surface area contributed by atoms with E-state index < -0.39 is 10.0 Å². The molecule has 0 atom stereocenters. The van der Waals surface area contributed by atoms with Crippen LogP contribution in [0.25, 0.3) is 0 Å². The van der Waals surface area contributed by atoms with Gasteiger partial charge in [0, 0.05) is 45.3 Å². The van der Waals surface area contributed by atoms with Crippen LogP contribution in [0.15, 0.2) is 47.6 Å². The monoisotopic (exact) mass is 431 g/mol. The molecule has 1 fully saturated rings. The summed E-state index contributed by atoms with van der Waals surface area (Å²) < 4.78 is 27.3. The number of carbonyl (C=O) groups excluding carboxylic acids is 2. The zero-order valence-corrected chi connectivity index (χ0v) is 17.6. The Hall–Kier alpha value is -2.85. The fourth-order valence-electron chi connectivity index (χ4n) is 3.16. The number of aryl methyl sites for hydroxylation is 1. The molecule has 2 aromatic rings. The van der Waals surface area contributed by atoms with Crippen LogP contribution in [0.3, 0.4) is 0 Å². The van der Waals surface area contributed by atoms with E-state index in [1.165, 1.54) is 28.8 Å². The number of rotatable bonds is 3. The Kier molecular flexibility index (Phi) is 7.11. The smallest absolute Gasteiger partial charge is 0.274 e. The molecule has 0 bridgehead atoms. The second kappa shape index (κ2) is 9.77. The lowest BCUT2D eigenvalue weighted by atomic mass is 10.3. The maximum absolute atomic E-state index is 13.0. The summed E-state index contributed by atoms with van der Waals surface area (Å²) in [6.45, 7) is 3.01. The first-order valence-corrected chi connectivity index (χ1v) is 11.2. The molecule has 0 radical (unpaired) electrons. The number of hydrogen-bond acceptors (Lipinski definition) is 6. The van der Waals surface area contributed by atoms with E-state index >= 15 is 0 Å². The van der Waals surface area contributed by atoms with Crippen molar-refractivity contribution in [3.05, 3.63) is 54.1 Å². The summed E-state index contributed by atoms with van der Waals surface area (Å²) in [5.41, 5.74) is 0.925. The Morgan fingerprint density at radius 2 is 1.80 bits per heavy atom. The molecular weight excluding hydrogens is 406 g/mol. The van der Waals surface area contributed by atoms with Crippen LogP contribution in [0.4, 0.5) is 0 Å². The zero-order valence-electron chi connectivity index (χ0n) is 16.8. The summed E-state index contributed by atoms with van der Waals surface area (Å²) in [7, 11) is -3.73. The third kappa shape index (κ3) is 5.39. The fourth-order valence-corrected chi connectivity index (χ4v) is 4.66. The Bertz CT molecular complexity index is 980. The van der Waals surface area contributed by atoms with Crippen molar-refractivity contribution in [2.24, 2.45) is 0 Å². The van der Waals surface area contributed by atoms with Gasteiger partial charge in [-0.1, -0.05) is 18.2 Å². The lowest BCUT2D eigenvalue weighted by molar-refractivity contribution is -0.121. The van der Waals surface area contributed by atoms with Crippen molar-refractivity contribution in [2.75, 3.05) is 32.7 Å². The van der Waals surface area contributed by atoms with Gasteiger partial charge in [-0.05, 0) is 25.5 Å². The van der Waals surface area contributed by atoms with Gasteiger partial charge in [0.15, 0.2) is 0 Å². The molecular formula is C20H25N5O4S. The van der Waals surface area contributed by atoms with Crippen LogP contribution in [0, 0.1) is 6.92 Å². The minimum absolute atomic E-state index is 0.0590. The average Bonchev–Trinajstić information content (AvgIpc) is 2.79.